The highest BCUT2D eigenvalue weighted by molar-refractivity contribution is 5.20. The summed E-state index contributed by atoms with van der Waals surface area (Å²) in [6.45, 7) is 12.6. The molecule has 0 aliphatic carbocycles. The first-order valence-corrected chi connectivity index (χ1v) is 7.42. The van der Waals surface area contributed by atoms with Crippen LogP contribution < -0.4 is 5.73 Å². The Balaban J connectivity index is 1.90. The standard InChI is InChI=1S/C15H27N3O/c1-4-18(5-2)14-6-7-17(10-14)11-15-8-13(9-16)12(3)19-15/h8,14H,4-7,9-11,16H2,1-3H3. The molecule has 2 rings (SSSR count). The van der Waals surface area contributed by atoms with E-state index in [0.717, 1.165) is 43.3 Å². The van der Waals surface area contributed by atoms with Crippen molar-refractivity contribution in [3.8, 4) is 0 Å². The van der Waals surface area contributed by atoms with Gasteiger partial charge in [-0.15, -0.1) is 0 Å². The summed E-state index contributed by atoms with van der Waals surface area (Å²) >= 11 is 0. The quantitative estimate of drug-likeness (QED) is 0.854. The van der Waals surface area contributed by atoms with Crippen molar-refractivity contribution in [2.24, 2.45) is 5.73 Å². The van der Waals surface area contributed by atoms with Crippen LogP contribution >= 0.6 is 0 Å². The summed E-state index contributed by atoms with van der Waals surface area (Å²) < 4.78 is 5.78. The minimum absolute atomic E-state index is 0.567. The summed E-state index contributed by atoms with van der Waals surface area (Å²) in [7, 11) is 0. The molecular formula is C15H27N3O. The second kappa shape index (κ2) is 6.55. The zero-order valence-corrected chi connectivity index (χ0v) is 12.5. The summed E-state index contributed by atoms with van der Waals surface area (Å²) in [6, 6.07) is 2.82. The van der Waals surface area contributed by atoms with E-state index < -0.39 is 0 Å². The molecule has 0 spiro atoms. The predicted octanol–water partition coefficient (Wildman–Crippen LogP) is 1.96. The first-order valence-electron chi connectivity index (χ1n) is 7.42. The molecular weight excluding hydrogens is 238 g/mol. The van der Waals surface area contributed by atoms with Gasteiger partial charge in [-0.25, -0.2) is 0 Å². The molecule has 1 unspecified atom stereocenters. The average Bonchev–Trinajstić information content (AvgIpc) is 2.98. The Hall–Kier alpha value is -0.840. The maximum absolute atomic E-state index is 5.78. The third-order valence-corrected chi connectivity index (χ3v) is 4.25. The summed E-state index contributed by atoms with van der Waals surface area (Å²) in [5.74, 6) is 2.02. The average molecular weight is 265 g/mol. The van der Waals surface area contributed by atoms with E-state index in [4.69, 9.17) is 10.2 Å². The molecule has 1 atom stereocenters. The summed E-state index contributed by atoms with van der Waals surface area (Å²) in [5, 5.41) is 0. The summed E-state index contributed by atoms with van der Waals surface area (Å²) in [5.41, 5.74) is 6.82. The number of furan rings is 1. The fourth-order valence-corrected chi connectivity index (χ4v) is 3.08. The predicted molar refractivity (Wildman–Crippen MR) is 77.9 cm³/mol. The molecule has 2 heterocycles. The van der Waals surface area contributed by atoms with Crippen molar-refractivity contribution in [1.82, 2.24) is 9.80 Å². The van der Waals surface area contributed by atoms with Crippen molar-refractivity contribution in [1.29, 1.82) is 0 Å². The lowest BCUT2D eigenvalue weighted by Gasteiger charge is -2.26. The minimum Gasteiger partial charge on any atom is -0.465 e. The van der Waals surface area contributed by atoms with Crippen LogP contribution in [0.3, 0.4) is 0 Å². The molecule has 1 aromatic heterocycles. The van der Waals surface area contributed by atoms with Gasteiger partial charge in [0.05, 0.1) is 6.54 Å². The first-order chi connectivity index (χ1) is 9.17. The number of aryl methyl sites for hydroxylation is 1. The van der Waals surface area contributed by atoms with Crippen molar-refractivity contribution in [2.75, 3.05) is 26.2 Å². The van der Waals surface area contributed by atoms with Crippen molar-refractivity contribution in [3.63, 3.8) is 0 Å². The Bertz CT molecular complexity index is 398. The molecule has 0 amide bonds. The van der Waals surface area contributed by atoms with Gasteiger partial charge >= 0.3 is 0 Å². The van der Waals surface area contributed by atoms with Gasteiger partial charge < -0.3 is 10.2 Å². The summed E-state index contributed by atoms with van der Waals surface area (Å²) in [6.07, 6.45) is 1.27. The monoisotopic (exact) mass is 265 g/mol. The largest absolute Gasteiger partial charge is 0.465 e. The van der Waals surface area contributed by atoms with E-state index in [1.54, 1.807) is 0 Å². The van der Waals surface area contributed by atoms with Gasteiger partial charge in [0.2, 0.25) is 0 Å². The maximum Gasteiger partial charge on any atom is 0.118 e. The van der Waals surface area contributed by atoms with Crippen LogP contribution in [0.15, 0.2) is 10.5 Å². The van der Waals surface area contributed by atoms with E-state index in [2.05, 4.69) is 29.7 Å². The Morgan fingerprint density at radius 3 is 2.74 bits per heavy atom. The second-order valence-corrected chi connectivity index (χ2v) is 5.40. The third-order valence-electron chi connectivity index (χ3n) is 4.25. The van der Waals surface area contributed by atoms with Crippen LogP contribution in [-0.4, -0.2) is 42.0 Å². The highest BCUT2D eigenvalue weighted by Crippen LogP contribution is 2.20. The Labute approximate surface area is 116 Å². The van der Waals surface area contributed by atoms with Crippen LogP contribution in [-0.2, 0) is 13.1 Å². The van der Waals surface area contributed by atoms with Crippen molar-refractivity contribution in [3.05, 3.63) is 23.2 Å². The molecule has 0 saturated carbocycles. The van der Waals surface area contributed by atoms with Gasteiger partial charge in [0.25, 0.3) is 0 Å². The molecule has 1 fully saturated rings. The smallest absolute Gasteiger partial charge is 0.118 e. The maximum atomic E-state index is 5.78. The molecule has 1 aromatic rings. The van der Waals surface area contributed by atoms with Gasteiger partial charge in [-0.2, -0.15) is 0 Å². The summed E-state index contributed by atoms with van der Waals surface area (Å²) in [4.78, 5) is 5.04. The molecule has 4 nitrogen and oxygen atoms in total. The van der Waals surface area contributed by atoms with E-state index in [1.807, 2.05) is 6.92 Å². The number of rotatable bonds is 6. The van der Waals surface area contributed by atoms with Crippen molar-refractivity contribution >= 4 is 0 Å². The number of hydrogen-bond donors (Lipinski definition) is 1. The van der Waals surface area contributed by atoms with E-state index in [1.165, 1.54) is 13.0 Å². The van der Waals surface area contributed by atoms with Crippen LogP contribution in [0.1, 0.15) is 37.4 Å². The fourth-order valence-electron chi connectivity index (χ4n) is 3.08. The van der Waals surface area contributed by atoms with Crippen LogP contribution in [0.25, 0.3) is 0 Å². The second-order valence-electron chi connectivity index (χ2n) is 5.40. The molecule has 1 aliphatic rings. The molecule has 108 valence electrons. The number of hydrogen-bond acceptors (Lipinski definition) is 4. The molecule has 0 bridgehead atoms. The SMILES string of the molecule is CCN(CC)C1CCN(Cc2cc(CN)c(C)o2)C1. The lowest BCUT2D eigenvalue weighted by Crippen LogP contribution is -2.37. The van der Waals surface area contributed by atoms with E-state index in [9.17, 15) is 0 Å². The van der Waals surface area contributed by atoms with Gasteiger partial charge in [-0.05, 0) is 32.5 Å². The van der Waals surface area contributed by atoms with Crippen LogP contribution in [0, 0.1) is 6.92 Å². The Kier molecular flexibility index (Phi) is 5.02. The van der Waals surface area contributed by atoms with Crippen LogP contribution in [0.2, 0.25) is 0 Å². The van der Waals surface area contributed by atoms with Gasteiger partial charge in [0.1, 0.15) is 11.5 Å². The van der Waals surface area contributed by atoms with Gasteiger partial charge in [0, 0.05) is 31.2 Å². The zero-order valence-electron chi connectivity index (χ0n) is 12.5. The lowest BCUT2D eigenvalue weighted by molar-refractivity contribution is 0.204. The zero-order chi connectivity index (χ0) is 13.8. The molecule has 1 saturated heterocycles. The topological polar surface area (TPSA) is 45.6 Å². The van der Waals surface area contributed by atoms with Crippen molar-refractivity contribution < 1.29 is 4.42 Å². The van der Waals surface area contributed by atoms with Crippen molar-refractivity contribution in [2.45, 2.75) is 46.3 Å². The van der Waals surface area contributed by atoms with E-state index >= 15 is 0 Å². The van der Waals surface area contributed by atoms with E-state index in [-0.39, 0.29) is 0 Å². The highest BCUT2D eigenvalue weighted by Gasteiger charge is 2.26. The first kappa shape index (κ1) is 14.6. The molecule has 4 heteroatoms. The number of likely N-dealkylation sites (tertiary alicyclic amines) is 1. The molecule has 19 heavy (non-hydrogen) atoms. The molecule has 2 N–H and O–H groups in total. The molecule has 0 aromatic carbocycles. The third kappa shape index (κ3) is 3.38. The number of likely N-dealkylation sites (N-methyl/N-ethyl adjacent to an activating group) is 1. The van der Waals surface area contributed by atoms with Crippen LogP contribution in [0.5, 0.6) is 0 Å². The van der Waals surface area contributed by atoms with E-state index in [0.29, 0.717) is 12.6 Å². The van der Waals surface area contributed by atoms with Gasteiger partial charge in [-0.3, -0.25) is 9.80 Å². The Morgan fingerprint density at radius 2 is 2.16 bits per heavy atom. The number of nitrogens with zero attached hydrogens (tertiary/aromatic N) is 2. The van der Waals surface area contributed by atoms with Gasteiger partial charge in [0.15, 0.2) is 0 Å². The molecule has 1 aliphatic heterocycles. The molecule has 0 radical (unpaired) electrons. The minimum atomic E-state index is 0.567. The Morgan fingerprint density at radius 1 is 1.42 bits per heavy atom. The number of nitrogens with two attached hydrogens (primary N) is 1. The highest BCUT2D eigenvalue weighted by atomic mass is 16.3. The fraction of sp³-hybridized carbons (Fsp3) is 0.733. The normalized spacial score (nSPS) is 20.6. The van der Waals surface area contributed by atoms with Gasteiger partial charge in [-0.1, -0.05) is 13.8 Å². The van der Waals surface area contributed by atoms with Crippen LogP contribution in [0.4, 0.5) is 0 Å². The lowest BCUT2D eigenvalue weighted by atomic mass is 10.2.